The molecule has 0 aliphatic heterocycles. The lowest BCUT2D eigenvalue weighted by atomic mass is 9.98. The Morgan fingerprint density at radius 1 is 0.694 bits per heavy atom. The smallest absolute Gasteiger partial charge is 0.326 e. The van der Waals surface area contributed by atoms with Crippen molar-refractivity contribution in [1.82, 2.24) is 16.0 Å². The van der Waals surface area contributed by atoms with Gasteiger partial charge in [0.25, 0.3) is 0 Å². The van der Waals surface area contributed by atoms with Gasteiger partial charge in [0.15, 0.2) is 0 Å². The second-order valence-electron chi connectivity index (χ2n) is 8.38. The van der Waals surface area contributed by atoms with E-state index in [-0.39, 0.29) is 31.6 Å². The molecule has 15 heteroatoms. The second-order valence-corrected chi connectivity index (χ2v) is 8.38. The summed E-state index contributed by atoms with van der Waals surface area (Å²) in [6.07, 6.45) is -1.59. The molecule has 0 heterocycles. The number of carboxylic acid groups (broad SMARTS) is 2. The number of nitrogens with one attached hydrogen (secondary N) is 3. The van der Waals surface area contributed by atoms with Gasteiger partial charge in [0.05, 0.1) is 6.04 Å². The van der Waals surface area contributed by atoms with Gasteiger partial charge < -0.3 is 43.4 Å². The van der Waals surface area contributed by atoms with Crippen molar-refractivity contribution in [2.75, 3.05) is 0 Å². The highest BCUT2D eigenvalue weighted by Gasteiger charge is 2.31. The zero-order chi connectivity index (χ0) is 28.0. The summed E-state index contributed by atoms with van der Waals surface area (Å²) in [4.78, 5) is 82.8. The predicted molar refractivity (Wildman–Crippen MR) is 125 cm³/mol. The molecule has 15 nitrogen and oxygen atoms in total. The number of carbonyl (C=O) groups excluding carboxylic acids is 5. The minimum atomic E-state index is -1.58. The highest BCUT2D eigenvalue weighted by Crippen LogP contribution is 2.08. The van der Waals surface area contributed by atoms with Crippen LogP contribution >= 0.6 is 0 Å². The van der Waals surface area contributed by atoms with E-state index in [1.54, 1.807) is 6.92 Å². The van der Waals surface area contributed by atoms with Crippen LogP contribution in [-0.4, -0.2) is 75.9 Å². The van der Waals surface area contributed by atoms with Crippen LogP contribution in [0.25, 0.3) is 0 Å². The van der Waals surface area contributed by atoms with Crippen LogP contribution in [0, 0.1) is 5.92 Å². The number of carbonyl (C=O) groups is 7. The van der Waals surface area contributed by atoms with E-state index >= 15 is 0 Å². The second kappa shape index (κ2) is 16.0. The molecule has 5 amide bonds. The molecule has 5 unspecified atom stereocenters. The number of carboxylic acids is 2. The fourth-order valence-electron chi connectivity index (χ4n) is 2.96. The van der Waals surface area contributed by atoms with Crippen LogP contribution in [0.4, 0.5) is 0 Å². The summed E-state index contributed by atoms with van der Waals surface area (Å²) in [7, 11) is 0. The maximum Gasteiger partial charge on any atom is 0.326 e. The Balaban J connectivity index is 5.68. The highest BCUT2D eigenvalue weighted by molar-refractivity contribution is 5.94. The number of rotatable bonds is 18. The first-order chi connectivity index (χ1) is 16.7. The molecule has 0 radical (unpaired) electrons. The van der Waals surface area contributed by atoms with E-state index in [0.29, 0.717) is 6.42 Å². The van der Waals surface area contributed by atoms with Gasteiger partial charge in [-0.2, -0.15) is 0 Å². The van der Waals surface area contributed by atoms with E-state index in [0.717, 1.165) is 0 Å². The molecule has 0 aliphatic carbocycles. The maximum absolute atomic E-state index is 12.9. The Kier molecular flexibility index (Phi) is 14.4. The average molecular weight is 517 g/mol. The number of nitrogens with two attached hydrogens (primary N) is 3. The molecule has 36 heavy (non-hydrogen) atoms. The number of hydrogen-bond donors (Lipinski definition) is 8. The summed E-state index contributed by atoms with van der Waals surface area (Å²) in [6.45, 7) is 3.55. The Bertz CT molecular complexity index is 835. The number of aliphatic carboxylic acids is 2. The highest BCUT2D eigenvalue weighted by atomic mass is 16.4. The number of hydrogen-bond acceptors (Lipinski definition) is 8. The molecule has 0 aliphatic rings. The molecule has 0 saturated carbocycles. The quantitative estimate of drug-likeness (QED) is 0.0932. The SMILES string of the molecule is CCC(C)C(N)C(=O)NC(CCC(N)=O)C(=O)NC(CCC(N)=O)C(=O)NC(CCC(=O)O)C(=O)O. The van der Waals surface area contributed by atoms with Crippen LogP contribution in [0.15, 0.2) is 0 Å². The van der Waals surface area contributed by atoms with Gasteiger partial charge >= 0.3 is 11.9 Å². The molecule has 5 atom stereocenters. The molecule has 0 saturated heterocycles. The van der Waals surface area contributed by atoms with Crippen molar-refractivity contribution >= 4 is 41.5 Å². The van der Waals surface area contributed by atoms with Gasteiger partial charge in [0, 0.05) is 19.3 Å². The molecule has 0 aromatic rings. The molecule has 0 aromatic heterocycles. The third kappa shape index (κ3) is 12.6. The molecule has 0 rings (SSSR count). The normalized spacial score (nSPS) is 14.9. The molecule has 11 N–H and O–H groups in total. The zero-order valence-electron chi connectivity index (χ0n) is 20.3. The zero-order valence-corrected chi connectivity index (χ0v) is 20.3. The van der Waals surface area contributed by atoms with Crippen molar-refractivity contribution in [3.63, 3.8) is 0 Å². The van der Waals surface area contributed by atoms with Crippen molar-refractivity contribution in [3.8, 4) is 0 Å². The predicted octanol–water partition coefficient (Wildman–Crippen LogP) is -2.71. The average Bonchev–Trinajstić information content (AvgIpc) is 2.79. The fraction of sp³-hybridized carbons (Fsp3) is 0.667. The van der Waals surface area contributed by atoms with Crippen LogP contribution in [0.2, 0.25) is 0 Å². The standard InChI is InChI=1S/C21H36N6O9/c1-3-10(2)17(24)20(34)26-12(5-8-15(23)29)18(32)25-11(4-7-14(22)28)19(33)27-13(21(35)36)6-9-16(30)31/h10-13,17H,3-9,24H2,1-2H3,(H2,22,28)(H2,23,29)(H,25,32)(H,26,34)(H,27,33)(H,30,31)(H,35,36). The van der Waals surface area contributed by atoms with Gasteiger partial charge in [-0.15, -0.1) is 0 Å². The Morgan fingerprint density at radius 2 is 1.08 bits per heavy atom. The summed E-state index contributed by atoms with van der Waals surface area (Å²) in [6, 6.07) is -5.34. The van der Waals surface area contributed by atoms with Crippen molar-refractivity contribution in [1.29, 1.82) is 0 Å². The largest absolute Gasteiger partial charge is 0.481 e. The lowest BCUT2D eigenvalue weighted by Crippen LogP contribution is -2.57. The van der Waals surface area contributed by atoms with Gasteiger partial charge in [-0.25, -0.2) is 4.79 Å². The molecule has 0 bridgehead atoms. The lowest BCUT2D eigenvalue weighted by molar-refractivity contribution is -0.143. The minimum absolute atomic E-state index is 0.222. The summed E-state index contributed by atoms with van der Waals surface area (Å²) in [5, 5.41) is 24.9. The summed E-state index contributed by atoms with van der Waals surface area (Å²) in [5.74, 6) is -7.17. The van der Waals surface area contributed by atoms with E-state index < -0.39 is 78.5 Å². The maximum atomic E-state index is 12.9. The third-order valence-electron chi connectivity index (χ3n) is 5.45. The van der Waals surface area contributed by atoms with Crippen LogP contribution in [0.5, 0.6) is 0 Å². The van der Waals surface area contributed by atoms with Crippen LogP contribution in [-0.2, 0) is 33.6 Å². The first kappa shape index (κ1) is 32.2. The van der Waals surface area contributed by atoms with Crippen molar-refractivity contribution < 1.29 is 43.8 Å². The van der Waals surface area contributed by atoms with Crippen molar-refractivity contribution in [3.05, 3.63) is 0 Å². The van der Waals surface area contributed by atoms with E-state index in [1.807, 2.05) is 6.92 Å². The van der Waals surface area contributed by atoms with Gasteiger partial charge in [-0.1, -0.05) is 20.3 Å². The molecule has 0 fully saturated rings. The Labute approximate surface area is 207 Å². The van der Waals surface area contributed by atoms with E-state index in [2.05, 4.69) is 16.0 Å². The molecular formula is C21H36N6O9. The molecule has 204 valence electrons. The lowest BCUT2D eigenvalue weighted by Gasteiger charge is -2.26. The molecule has 0 spiro atoms. The summed E-state index contributed by atoms with van der Waals surface area (Å²) >= 11 is 0. The Morgan fingerprint density at radius 3 is 1.44 bits per heavy atom. The minimum Gasteiger partial charge on any atom is -0.481 e. The fourth-order valence-corrected chi connectivity index (χ4v) is 2.96. The van der Waals surface area contributed by atoms with Gasteiger partial charge in [0.2, 0.25) is 29.5 Å². The summed E-state index contributed by atoms with van der Waals surface area (Å²) < 4.78 is 0. The monoisotopic (exact) mass is 516 g/mol. The topological polar surface area (TPSA) is 274 Å². The van der Waals surface area contributed by atoms with E-state index in [9.17, 15) is 38.7 Å². The Hall–Kier alpha value is -3.75. The number of primary amides is 2. The van der Waals surface area contributed by atoms with Gasteiger partial charge in [-0.3, -0.25) is 28.8 Å². The molecular weight excluding hydrogens is 480 g/mol. The van der Waals surface area contributed by atoms with Crippen LogP contribution in [0.3, 0.4) is 0 Å². The van der Waals surface area contributed by atoms with Gasteiger partial charge in [0.1, 0.15) is 18.1 Å². The van der Waals surface area contributed by atoms with Gasteiger partial charge in [-0.05, 0) is 25.2 Å². The van der Waals surface area contributed by atoms with Crippen LogP contribution in [0.1, 0.15) is 58.8 Å². The van der Waals surface area contributed by atoms with E-state index in [1.165, 1.54) is 0 Å². The van der Waals surface area contributed by atoms with Crippen LogP contribution < -0.4 is 33.2 Å². The molecule has 0 aromatic carbocycles. The summed E-state index contributed by atoms with van der Waals surface area (Å²) in [5.41, 5.74) is 16.2. The van der Waals surface area contributed by atoms with Crippen molar-refractivity contribution in [2.24, 2.45) is 23.1 Å². The van der Waals surface area contributed by atoms with Crippen molar-refractivity contribution in [2.45, 2.75) is 83.0 Å². The van der Waals surface area contributed by atoms with E-state index in [4.69, 9.17) is 22.3 Å². The third-order valence-corrected chi connectivity index (χ3v) is 5.45. The first-order valence-electron chi connectivity index (χ1n) is 11.4. The first-order valence-corrected chi connectivity index (χ1v) is 11.4. The number of amides is 5.